The smallest absolute Gasteiger partial charge is 0.318 e. The molecule has 3 fully saturated rings. The number of fused-ring (bicyclic) bond motifs is 2. The van der Waals surface area contributed by atoms with Crippen LogP contribution in [0.15, 0.2) is 24.8 Å². The van der Waals surface area contributed by atoms with Crippen LogP contribution in [-0.2, 0) is 22.4 Å². The highest BCUT2D eigenvalue weighted by Gasteiger charge is 2.45. The zero-order valence-electron chi connectivity index (χ0n) is 31.8. The molecule has 0 spiro atoms. The molecule has 4 aliphatic heterocycles. The van der Waals surface area contributed by atoms with Gasteiger partial charge in [-0.3, -0.25) is 9.69 Å². The van der Waals surface area contributed by atoms with Crippen LogP contribution in [0.3, 0.4) is 0 Å². The molecule has 0 unspecified atom stereocenters. The third kappa shape index (κ3) is 7.62. The van der Waals surface area contributed by atoms with Crippen LogP contribution < -0.4 is 19.7 Å². The van der Waals surface area contributed by atoms with Crippen LogP contribution in [0.4, 0.5) is 20.3 Å². The lowest BCUT2D eigenvalue weighted by Crippen LogP contribution is -2.54. The van der Waals surface area contributed by atoms with Crippen molar-refractivity contribution in [1.29, 1.82) is 0 Å². The number of nitrogens with one attached hydrogen (secondary N) is 1. The van der Waals surface area contributed by atoms with E-state index in [1.807, 2.05) is 18.9 Å². The summed E-state index contributed by atoms with van der Waals surface area (Å²) in [7, 11) is 1.81. The van der Waals surface area contributed by atoms with Crippen molar-refractivity contribution in [3.05, 3.63) is 47.4 Å². The molecule has 4 atom stereocenters. The van der Waals surface area contributed by atoms with Gasteiger partial charge in [-0.1, -0.05) is 31.4 Å². The lowest BCUT2D eigenvalue weighted by atomic mass is 9.86. The molecule has 2 saturated heterocycles. The Balaban J connectivity index is 1.19. The van der Waals surface area contributed by atoms with E-state index in [0.717, 1.165) is 63.8 Å². The molecule has 292 valence electrons. The van der Waals surface area contributed by atoms with E-state index in [-0.39, 0.29) is 43.3 Å². The van der Waals surface area contributed by atoms with E-state index in [4.69, 9.17) is 30.6 Å². The average molecular weight is 749 g/mol. The monoisotopic (exact) mass is 748 g/mol. The molecule has 1 aliphatic carbocycles. The van der Waals surface area contributed by atoms with Crippen LogP contribution in [0, 0.1) is 24.1 Å². The Kier molecular flexibility index (Phi) is 10.8. The standard InChI is InChI=1S/C41H54F2N6O5/c1-6-31-32(43)11-10-28-19-40(4,51)25-49(35(28)31)30-18-33-36(53-23-30)37(44-24-41(14-8-9-15-41)47(5)34(50)7-2)46-38(45-33)54-26-39(3)20-29(42)22-48(39)21-27-12-16-52-17-13-27/h1,7,10-11,27,29-30,51H,2,8-9,12-26H2,3-5H3,(H,44,45,46)/t29-,30-,39+,40-/m1/s1. The van der Waals surface area contributed by atoms with E-state index in [1.54, 1.807) is 17.9 Å². The van der Waals surface area contributed by atoms with Gasteiger partial charge < -0.3 is 34.4 Å². The second kappa shape index (κ2) is 15.3. The molecule has 0 bridgehead atoms. The number of alkyl halides is 1. The van der Waals surface area contributed by atoms with E-state index in [2.05, 4.69) is 22.7 Å². The second-order valence-electron chi connectivity index (χ2n) is 16.6. The molecular formula is C41H54F2N6O5. The maximum atomic E-state index is 15.1. The molecule has 1 amide bonds. The quantitative estimate of drug-likeness (QED) is 0.248. The number of terminal acetylenes is 1. The molecule has 7 rings (SSSR count). The van der Waals surface area contributed by atoms with Crippen molar-refractivity contribution in [3.63, 3.8) is 0 Å². The van der Waals surface area contributed by atoms with Crippen LogP contribution in [-0.4, -0.2) is 119 Å². The summed E-state index contributed by atoms with van der Waals surface area (Å²) >= 11 is 0. The van der Waals surface area contributed by atoms with Crippen molar-refractivity contribution in [2.24, 2.45) is 5.92 Å². The molecule has 0 radical (unpaired) electrons. The summed E-state index contributed by atoms with van der Waals surface area (Å²) < 4.78 is 48.6. The lowest BCUT2D eigenvalue weighted by molar-refractivity contribution is -0.129. The van der Waals surface area contributed by atoms with E-state index in [0.29, 0.717) is 61.2 Å². The predicted octanol–water partition coefficient (Wildman–Crippen LogP) is 4.69. The van der Waals surface area contributed by atoms with Crippen LogP contribution in [0.5, 0.6) is 11.8 Å². The van der Waals surface area contributed by atoms with Gasteiger partial charge in [0.1, 0.15) is 25.2 Å². The van der Waals surface area contributed by atoms with Gasteiger partial charge in [0.05, 0.1) is 39.7 Å². The van der Waals surface area contributed by atoms with Gasteiger partial charge in [-0.25, -0.2) is 8.78 Å². The lowest BCUT2D eigenvalue weighted by Gasteiger charge is -2.45. The Morgan fingerprint density at radius 1 is 1.26 bits per heavy atom. The number of rotatable bonds is 11. The molecule has 2 N–H and O–H groups in total. The number of anilines is 2. The highest BCUT2D eigenvalue weighted by atomic mass is 19.1. The van der Waals surface area contributed by atoms with Crippen molar-refractivity contribution in [1.82, 2.24) is 19.8 Å². The molecule has 13 heteroatoms. The van der Waals surface area contributed by atoms with E-state index >= 15 is 8.78 Å². The molecule has 1 saturated carbocycles. The molecule has 1 aromatic carbocycles. The summed E-state index contributed by atoms with van der Waals surface area (Å²) in [5.74, 6) is 3.25. The first kappa shape index (κ1) is 38.3. The Morgan fingerprint density at radius 3 is 2.74 bits per heavy atom. The second-order valence-corrected chi connectivity index (χ2v) is 16.6. The van der Waals surface area contributed by atoms with Crippen LogP contribution in [0.1, 0.15) is 75.6 Å². The number of hydrogen-bond donors (Lipinski definition) is 2. The van der Waals surface area contributed by atoms with Crippen LogP contribution >= 0.6 is 0 Å². The molecule has 5 heterocycles. The van der Waals surface area contributed by atoms with Gasteiger partial charge in [-0.2, -0.15) is 9.97 Å². The number of nitrogens with zero attached hydrogens (tertiary/aromatic N) is 5. The maximum absolute atomic E-state index is 15.1. The highest BCUT2D eigenvalue weighted by Crippen LogP contribution is 2.42. The minimum atomic E-state index is -1.09. The number of carbonyl (C=O) groups is 1. The van der Waals surface area contributed by atoms with E-state index in [1.165, 1.54) is 12.1 Å². The van der Waals surface area contributed by atoms with Gasteiger partial charge in [-0.05, 0) is 63.2 Å². The third-order valence-corrected chi connectivity index (χ3v) is 12.4. The van der Waals surface area contributed by atoms with Gasteiger partial charge in [0, 0.05) is 65.7 Å². The first-order chi connectivity index (χ1) is 25.8. The minimum Gasteiger partial charge on any atom is -0.486 e. The predicted molar refractivity (Wildman–Crippen MR) is 202 cm³/mol. The van der Waals surface area contributed by atoms with Gasteiger partial charge in [0.2, 0.25) is 5.91 Å². The number of benzene rings is 1. The summed E-state index contributed by atoms with van der Waals surface area (Å²) in [6.07, 6.45) is 12.8. The number of carbonyl (C=O) groups excluding carboxylic acids is 1. The average Bonchev–Trinajstić information content (AvgIpc) is 3.75. The normalized spacial score (nSPS) is 28.1. The van der Waals surface area contributed by atoms with Crippen molar-refractivity contribution >= 4 is 17.4 Å². The summed E-state index contributed by atoms with van der Waals surface area (Å²) in [5, 5.41) is 14.8. The van der Waals surface area contributed by atoms with Crippen LogP contribution in [0.2, 0.25) is 0 Å². The third-order valence-electron chi connectivity index (χ3n) is 12.4. The summed E-state index contributed by atoms with van der Waals surface area (Å²) in [5.41, 5.74) is -0.00870. The molecule has 2 aromatic rings. The van der Waals surface area contributed by atoms with Crippen molar-refractivity contribution in [2.45, 2.75) is 101 Å². The highest BCUT2D eigenvalue weighted by molar-refractivity contribution is 5.87. The Hall–Kier alpha value is -3.99. The molecule has 54 heavy (non-hydrogen) atoms. The number of likely N-dealkylation sites (tertiary alicyclic amines) is 1. The Morgan fingerprint density at radius 2 is 2.02 bits per heavy atom. The Bertz CT molecular complexity index is 1770. The molecule has 5 aliphatic rings. The minimum absolute atomic E-state index is 0.132. The topological polar surface area (TPSA) is 113 Å². The van der Waals surface area contributed by atoms with E-state index in [9.17, 15) is 9.90 Å². The fraction of sp³-hybridized carbons (Fsp3) is 0.634. The van der Waals surface area contributed by atoms with E-state index < -0.39 is 28.7 Å². The zero-order valence-corrected chi connectivity index (χ0v) is 31.8. The van der Waals surface area contributed by atoms with Gasteiger partial charge >= 0.3 is 6.01 Å². The largest absolute Gasteiger partial charge is 0.486 e. The van der Waals surface area contributed by atoms with Crippen molar-refractivity contribution < 1.29 is 32.9 Å². The van der Waals surface area contributed by atoms with Crippen molar-refractivity contribution in [3.8, 4) is 24.1 Å². The molecular weight excluding hydrogens is 694 g/mol. The molecule has 11 nitrogen and oxygen atoms in total. The van der Waals surface area contributed by atoms with Gasteiger partial charge in [-0.15, -0.1) is 6.42 Å². The number of halogens is 2. The number of ether oxygens (including phenoxy) is 3. The zero-order chi connectivity index (χ0) is 38.3. The first-order valence-corrected chi connectivity index (χ1v) is 19.4. The maximum Gasteiger partial charge on any atom is 0.318 e. The fourth-order valence-corrected chi connectivity index (χ4v) is 9.37. The Labute approximate surface area is 317 Å². The van der Waals surface area contributed by atoms with Gasteiger partial charge in [0.25, 0.3) is 0 Å². The number of amides is 1. The number of aliphatic hydroxyl groups is 1. The molecule has 1 aromatic heterocycles. The summed E-state index contributed by atoms with van der Waals surface area (Å²) in [6.45, 7) is 11.1. The fourth-order valence-electron chi connectivity index (χ4n) is 9.37. The SMILES string of the molecule is C#Cc1c(F)ccc2c1N([C@H]1COc3c(nc(OC[C@]4(C)C[C@@H](F)CN4CC4CCOCC4)nc3NCC3(N(C)C(=O)C=C)CCCC3)C1)C[C@](C)(O)C2. The first-order valence-electron chi connectivity index (χ1n) is 19.4. The van der Waals surface area contributed by atoms with Crippen LogP contribution in [0.25, 0.3) is 0 Å². The van der Waals surface area contributed by atoms with Gasteiger partial charge in [0.15, 0.2) is 11.6 Å². The number of hydrogen-bond acceptors (Lipinski definition) is 10. The summed E-state index contributed by atoms with van der Waals surface area (Å²) in [6, 6.07) is 2.82. The van der Waals surface area contributed by atoms with Crippen molar-refractivity contribution in [2.75, 3.05) is 69.9 Å². The number of likely N-dealkylation sites (N-methyl/N-ethyl adjacent to an activating group) is 1. The number of β-amino-alcohol motifs (C(OH)–C–C–N with tert-alkyl or cyclic N) is 1. The number of aromatic nitrogens is 2. The summed E-state index contributed by atoms with van der Waals surface area (Å²) in [4.78, 5) is 28.5.